The minimum Gasteiger partial charge on any atom is -0.496 e. The molecule has 2 heterocycles. The van der Waals surface area contributed by atoms with Gasteiger partial charge in [-0.3, -0.25) is 4.79 Å². The van der Waals surface area contributed by atoms with Gasteiger partial charge >= 0.3 is 5.97 Å². The number of carboxylic acids is 1. The molecule has 1 aliphatic heterocycles. The molecule has 3 unspecified atom stereocenters. The van der Waals surface area contributed by atoms with Gasteiger partial charge in [0.25, 0.3) is 5.91 Å². The van der Waals surface area contributed by atoms with Crippen molar-refractivity contribution in [1.82, 2.24) is 9.88 Å². The molecule has 0 aliphatic carbocycles. The Kier molecular flexibility index (Phi) is 7.01. The van der Waals surface area contributed by atoms with E-state index in [1.54, 1.807) is 24.8 Å². The van der Waals surface area contributed by atoms with Crippen LogP contribution in [0, 0.1) is 5.92 Å². The van der Waals surface area contributed by atoms with Gasteiger partial charge in [-0.05, 0) is 36.5 Å². The molecule has 31 heavy (non-hydrogen) atoms. The molecule has 2 aromatic rings. The summed E-state index contributed by atoms with van der Waals surface area (Å²) in [6.07, 6.45) is 0.320. The molecule has 7 nitrogen and oxygen atoms in total. The Morgan fingerprint density at radius 3 is 2.61 bits per heavy atom. The first kappa shape index (κ1) is 23.2. The summed E-state index contributed by atoms with van der Waals surface area (Å²) in [7, 11) is 1.57. The number of aromatic nitrogens is 1. The molecule has 0 saturated carbocycles. The average Bonchev–Trinajstić information content (AvgIpc) is 3.37. The van der Waals surface area contributed by atoms with Crippen LogP contribution in [-0.2, 0) is 14.9 Å². The summed E-state index contributed by atoms with van der Waals surface area (Å²) >= 11 is 1.42. The second-order valence-electron chi connectivity index (χ2n) is 8.74. The molecule has 1 aromatic carbocycles. The lowest BCUT2D eigenvalue weighted by molar-refractivity contribution is -0.141. The van der Waals surface area contributed by atoms with Crippen molar-refractivity contribution in [2.75, 3.05) is 20.3 Å². The topological polar surface area (TPSA) is 89.0 Å². The molecule has 8 heteroatoms. The fourth-order valence-electron chi connectivity index (χ4n) is 4.21. The third kappa shape index (κ3) is 4.75. The maximum absolute atomic E-state index is 13.7. The molecule has 168 valence electrons. The molecule has 1 aromatic heterocycles. The predicted molar refractivity (Wildman–Crippen MR) is 119 cm³/mol. The third-order valence-corrected chi connectivity index (χ3v) is 6.28. The van der Waals surface area contributed by atoms with Gasteiger partial charge in [0, 0.05) is 23.5 Å². The molecular formula is C23H30N2O5S. The molecule has 0 radical (unpaired) electrons. The van der Waals surface area contributed by atoms with Crippen LogP contribution in [0.15, 0.2) is 29.1 Å². The minimum atomic E-state index is -1.02. The van der Waals surface area contributed by atoms with Crippen molar-refractivity contribution in [1.29, 1.82) is 0 Å². The van der Waals surface area contributed by atoms with Crippen molar-refractivity contribution in [3.05, 3.63) is 45.9 Å². The highest BCUT2D eigenvalue weighted by Crippen LogP contribution is 2.43. The molecule has 3 atom stereocenters. The molecule has 1 fully saturated rings. The Bertz CT molecular complexity index is 923. The fourth-order valence-corrected chi connectivity index (χ4v) is 4.79. The predicted octanol–water partition coefficient (Wildman–Crippen LogP) is 4.14. The summed E-state index contributed by atoms with van der Waals surface area (Å²) in [5.41, 5.74) is 3.62. The molecule has 1 N–H and O–H groups in total. The zero-order chi connectivity index (χ0) is 22.8. The number of nitrogens with zero attached hydrogens (tertiary/aromatic N) is 2. The first-order valence-electron chi connectivity index (χ1n) is 10.4. The van der Waals surface area contributed by atoms with E-state index < -0.39 is 18.1 Å². The van der Waals surface area contributed by atoms with Crippen LogP contribution >= 0.6 is 11.3 Å². The normalized spacial score (nSPS) is 21.3. The standard InChI is InChI=1S/C23H30N2O5S/c1-6-30-11-15-9-18(22(27)28)25(20(15)17-12-31-13-24-17)21(26)14-7-8-16(23(2,3)4)19(10-14)29-5/h7-8,10,12-13,15,18,20H,6,9,11H2,1-5H3,(H,27,28). The summed E-state index contributed by atoms with van der Waals surface area (Å²) in [5.74, 6) is -0.905. The van der Waals surface area contributed by atoms with Crippen molar-refractivity contribution in [3.8, 4) is 5.75 Å². The lowest BCUT2D eigenvalue weighted by Crippen LogP contribution is -2.42. The highest BCUT2D eigenvalue weighted by molar-refractivity contribution is 7.07. The zero-order valence-corrected chi connectivity index (χ0v) is 19.4. The lowest BCUT2D eigenvalue weighted by atomic mass is 9.85. The molecule has 1 saturated heterocycles. The molecule has 1 amide bonds. The van der Waals surface area contributed by atoms with Gasteiger partial charge in [0.05, 0.1) is 31.0 Å². The van der Waals surface area contributed by atoms with Gasteiger partial charge in [0.1, 0.15) is 11.8 Å². The number of hydrogen-bond acceptors (Lipinski definition) is 6. The summed E-state index contributed by atoms with van der Waals surface area (Å²) in [6.45, 7) is 9.01. The summed E-state index contributed by atoms with van der Waals surface area (Å²) in [5, 5.41) is 11.8. The summed E-state index contributed by atoms with van der Waals surface area (Å²) in [6, 6.07) is 3.93. The number of benzene rings is 1. The second kappa shape index (κ2) is 9.36. The van der Waals surface area contributed by atoms with E-state index >= 15 is 0 Å². The smallest absolute Gasteiger partial charge is 0.326 e. The number of carboxylic acid groups (broad SMARTS) is 1. The maximum Gasteiger partial charge on any atom is 0.326 e. The average molecular weight is 447 g/mol. The Morgan fingerprint density at radius 1 is 1.32 bits per heavy atom. The van der Waals surface area contributed by atoms with Gasteiger partial charge in [-0.25, -0.2) is 9.78 Å². The summed E-state index contributed by atoms with van der Waals surface area (Å²) in [4.78, 5) is 31.6. The van der Waals surface area contributed by atoms with Crippen LogP contribution in [0.4, 0.5) is 0 Å². The van der Waals surface area contributed by atoms with E-state index in [1.807, 2.05) is 18.4 Å². The number of rotatable bonds is 7. The number of thiazole rings is 1. The van der Waals surface area contributed by atoms with Crippen molar-refractivity contribution in [2.45, 2.75) is 51.6 Å². The van der Waals surface area contributed by atoms with E-state index in [4.69, 9.17) is 9.47 Å². The molecule has 1 aliphatic rings. The monoisotopic (exact) mass is 446 g/mol. The van der Waals surface area contributed by atoms with Crippen LogP contribution in [0.2, 0.25) is 0 Å². The van der Waals surface area contributed by atoms with Crippen LogP contribution in [0.1, 0.15) is 61.8 Å². The molecule has 0 bridgehead atoms. The van der Waals surface area contributed by atoms with E-state index in [2.05, 4.69) is 25.8 Å². The van der Waals surface area contributed by atoms with E-state index in [0.29, 0.717) is 36.6 Å². The second-order valence-corrected chi connectivity index (χ2v) is 9.46. The molecule has 0 spiro atoms. The SMILES string of the molecule is CCOCC1CC(C(=O)O)N(C(=O)c2ccc(C(C)(C)C)c(OC)c2)C1c1cscn1. The highest BCUT2D eigenvalue weighted by atomic mass is 32.1. The molecule has 3 rings (SSSR count). The fraction of sp³-hybridized carbons (Fsp3) is 0.522. The van der Waals surface area contributed by atoms with Gasteiger partial charge in [0.15, 0.2) is 0 Å². The number of amides is 1. The van der Waals surface area contributed by atoms with Crippen molar-refractivity contribution in [2.24, 2.45) is 5.92 Å². The molecular weight excluding hydrogens is 416 g/mol. The van der Waals surface area contributed by atoms with Crippen LogP contribution < -0.4 is 4.74 Å². The van der Waals surface area contributed by atoms with Gasteiger partial charge in [-0.15, -0.1) is 11.3 Å². The van der Waals surface area contributed by atoms with Crippen LogP contribution in [0.25, 0.3) is 0 Å². The number of carbonyl (C=O) groups is 2. The number of aliphatic carboxylic acids is 1. The van der Waals surface area contributed by atoms with Crippen LogP contribution in [0.5, 0.6) is 5.75 Å². The van der Waals surface area contributed by atoms with Gasteiger partial charge < -0.3 is 19.5 Å². The Morgan fingerprint density at radius 2 is 2.06 bits per heavy atom. The van der Waals surface area contributed by atoms with E-state index in [1.165, 1.54) is 16.2 Å². The third-order valence-electron chi connectivity index (χ3n) is 5.67. The van der Waals surface area contributed by atoms with E-state index in [-0.39, 0.29) is 17.2 Å². The quantitative estimate of drug-likeness (QED) is 0.688. The van der Waals surface area contributed by atoms with Crippen LogP contribution in [-0.4, -0.2) is 53.2 Å². The largest absolute Gasteiger partial charge is 0.496 e. The minimum absolute atomic E-state index is 0.150. The van der Waals surface area contributed by atoms with E-state index in [9.17, 15) is 14.7 Å². The number of methoxy groups -OCH3 is 1. The Hall–Kier alpha value is -2.45. The number of likely N-dealkylation sites (tertiary alicyclic amines) is 1. The van der Waals surface area contributed by atoms with Gasteiger partial charge in [-0.1, -0.05) is 26.8 Å². The Labute approximate surface area is 187 Å². The first-order valence-corrected chi connectivity index (χ1v) is 11.3. The van der Waals surface area contributed by atoms with Crippen molar-refractivity contribution < 1.29 is 24.2 Å². The van der Waals surface area contributed by atoms with Gasteiger partial charge in [0.2, 0.25) is 0 Å². The lowest BCUT2D eigenvalue weighted by Gasteiger charge is -2.30. The number of hydrogen-bond donors (Lipinski definition) is 1. The first-order chi connectivity index (χ1) is 14.7. The summed E-state index contributed by atoms with van der Waals surface area (Å²) < 4.78 is 11.2. The van der Waals surface area contributed by atoms with Crippen molar-refractivity contribution >= 4 is 23.2 Å². The number of carbonyl (C=O) groups excluding carboxylic acids is 1. The Balaban J connectivity index is 2.04. The van der Waals surface area contributed by atoms with Crippen molar-refractivity contribution in [3.63, 3.8) is 0 Å². The number of ether oxygens (including phenoxy) is 2. The maximum atomic E-state index is 13.7. The zero-order valence-electron chi connectivity index (χ0n) is 18.6. The van der Waals surface area contributed by atoms with E-state index in [0.717, 1.165) is 5.56 Å². The highest BCUT2D eigenvalue weighted by Gasteiger charge is 2.48. The van der Waals surface area contributed by atoms with Crippen LogP contribution in [0.3, 0.4) is 0 Å². The van der Waals surface area contributed by atoms with Gasteiger partial charge in [-0.2, -0.15) is 0 Å².